The number of hydrogen-bond donors (Lipinski definition) is 1. The lowest BCUT2D eigenvalue weighted by Crippen LogP contribution is -1.89. The maximum Gasteiger partial charge on any atom is 0.00401 e. The predicted octanol–water partition coefficient (Wildman–Crippen LogP) is 3.49. The first kappa shape index (κ1) is 8.66. The van der Waals surface area contributed by atoms with Gasteiger partial charge >= 0.3 is 0 Å². The van der Waals surface area contributed by atoms with Crippen molar-refractivity contribution in [1.82, 2.24) is 0 Å². The first-order valence-corrected chi connectivity index (χ1v) is 4.47. The lowest BCUT2D eigenvalue weighted by atomic mass is 9.99. The normalized spacial score (nSPS) is 13.0. The molecule has 0 aliphatic carbocycles. The van der Waals surface area contributed by atoms with Crippen LogP contribution in [-0.4, -0.2) is 0 Å². The fourth-order valence-electron chi connectivity index (χ4n) is 1.04. The molecule has 1 atom stereocenters. The summed E-state index contributed by atoms with van der Waals surface area (Å²) in [6, 6.07) is 8.39. The molecule has 0 aliphatic rings. The van der Waals surface area contributed by atoms with E-state index in [0.717, 1.165) is 4.90 Å². The van der Waals surface area contributed by atoms with Crippen molar-refractivity contribution in [2.45, 2.75) is 31.1 Å². The van der Waals surface area contributed by atoms with Crippen molar-refractivity contribution in [2.75, 3.05) is 0 Å². The van der Waals surface area contributed by atoms with Crippen molar-refractivity contribution in [2.24, 2.45) is 0 Å². The largest absolute Gasteiger partial charge is 0.143 e. The Labute approximate surface area is 74.0 Å². The standard InChI is InChI=1S/C10H14S/c1-3-8(2)9-4-6-10(11)7-5-9/h4-8,11H,3H2,1-2H3/t8-/m1/s1. The minimum Gasteiger partial charge on any atom is -0.143 e. The molecule has 0 saturated carbocycles. The quantitative estimate of drug-likeness (QED) is 0.639. The van der Waals surface area contributed by atoms with E-state index in [1.54, 1.807) is 0 Å². The highest BCUT2D eigenvalue weighted by Crippen LogP contribution is 2.19. The van der Waals surface area contributed by atoms with Crippen LogP contribution in [0, 0.1) is 0 Å². The molecular weight excluding hydrogens is 152 g/mol. The highest BCUT2D eigenvalue weighted by Gasteiger charge is 2.00. The molecule has 0 saturated heterocycles. The van der Waals surface area contributed by atoms with Gasteiger partial charge in [-0.05, 0) is 30.0 Å². The van der Waals surface area contributed by atoms with Gasteiger partial charge in [-0.15, -0.1) is 12.6 Å². The molecule has 1 rings (SSSR count). The number of hydrogen-bond acceptors (Lipinski definition) is 1. The number of rotatable bonds is 2. The first-order valence-electron chi connectivity index (χ1n) is 4.03. The summed E-state index contributed by atoms with van der Waals surface area (Å²) in [5, 5.41) is 0. The van der Waals surface area contributed by atoms with Gasteiger partial charge in [0.15, 0.2) is 0 Å². The molecule has 0 fully saturated rings. The summed E-state index contributed by atoms with van der Waals surface area (Å²) in [7, 11) is 0. The molecule has 60 valence electrons. The van der Waals surface area contributed by atoms with E-state index < -0.39 is 0 Å². The molecule has 0 aliphatic heterocycles. The van der Waals surface area contributed by atoms with Crippen molar-refractivity contribution in [3.05, 3.63) is 29.8 Å². The maximum atomic E-state index is 4.23. The second-order valence-electron chi connectivity index (χ2n) is 2.90. The van der Waals surface area contributed by atoms with Crippen molar-refractivity contribution in [3.8, 4) is 0 Å². The molecule has 0 radical (unpaired) electrons. The Balaban J connectivity index is 2.81. The topological polar surface area (TPSA) is 0 Å². The second-order valence-corrected chi connectivity index (χ2v) is 3.42. The number of benzene rings is 1. The van der Waals surface area contributed by atoms with Crippen molar-refractivity contribution < 1.29 is 0 Å². The van der Waals surface area contributed by atoms with Gasteiger partial charge in [0.25, 0.3) is 0 Å². The van der Waals surface area contributed by atoms with Gasteiger partial charge in [-0.1, -0.05) is 26.0 Å². The van der Waals surface area contributed by atoms with Crippen molar-refractivity contribution >= 4 is 12.6 Å². The van der Waals surface area contributed by atoms with Crippen LogP contribution in [0.15, 0.2) is 29.2 Å². The number of thiol groups is 1. The minimum absolute atomic E-state index is 0.670. The Morgan fingerprint density at radius 1 is 1.27 bits per heavy atom. The Morgan fingerprint density at radius 3 is 2.27 bits per heavy atom. The van der Waals surface area contributed by atoms with Gasteiger partial charge < -0.3 is 0 Å². The van der Waals surface area contributed by atoms with Crippen LogP contribution in [0.4, 0.5) is 0 Å². The summed E-state index contributed by atoms with van der Waals surface area (Å²) in [6.07, 6.45) is 1.20. The molecule has 0 heterocycles. The van der Waals surface area contributed by atoms with Crippen LogP contribution >= 0.6 is 12.6 Å². The van der Waals surface area contributed by atoms with E-state index in [0.29, 0.717) is 5.92 Å². The van der Waals surface area contributed by atoms with Gasteiger partial charge in [0.2, 0.25) is 0 Å². The monoisotopic (exact) mass is 166 g/mol. The Hall–Kier alpha value is -0.430. The van der Waals surface area contributed by atoms with Crippen LogP contribution in [0.3, 0.4) is 0 Å². The zero-order valence-corrected chi connectivity index (χ0v) is 7.94. The van der Waals surface area contributed by atoms with Crippen LogP contribution in [0.1, 0.15) is 31.7 Å². The zero-order chi connectivity index (χ0) is 8.27. The summed E-state index contributed by atoms with van der Waals surface area (Å²) >= 11 is 4.23. The zero-order valence-electron chi connectivity index (χ0n) is 7.04. The van der Waals surface area contributed by atoms with E-state index in [1.807, 2.05) is 12.1 Å². The van der Waals surface area contributed by atoms with Crippen LogP contribution in [0.5, 0.6) is 0 Å². The molecule has 0 bridgehead atoms. The van der Waals surface area contributed by atoms with E-state index >= 15 is 0 Å². The summed E-state index contributed by atoms with van der Waals surface area (Å²) < 4.78 is 0. The van der Waals surface area contributed by atoms with Gasteiger partial charge in [-0.25, -0.2) is 0 Å². The minimum atomic E-state index is 0.670. The van der Waals surface area contributed by atoms with E-state index in [-0.39, 0.29) is 0 Å². The molecule has 0 aromatic heterocycles. The second kappa shape index (κ2) is 3.82. The maximum absolute atomic E-state index is 4.23. The average molecular weight is 166 g/mol. The molecule has 0 amide bonds. The molecule has 1 aromatic rings. The summed E-state index contributed by atoms with van der Waals surface area (Å²) in [6.45, 7) is 4.45. The van der Waals surface area contributed by atoms with Gasteiger partial charge in [-0.2, -0.15) is 0 Å². The molecule has 0 unspecified atom stereocenters. The third-order valence-electron chi connectivity index (χ3n) is 2.07. The van der Waals surface area contributed by atoms with Crippen molar-refractivity contribution in [3.63, 3.8) is 0 Å². The van der Waals surface area contributed by atoms with Gasteiger partial charge in [-0.3, -0.25) is 0 Å². The Bertz CT molecular complexity index is 213. The summed E-state index contributed by atoms with van der Waals surface area (Å²) in [4.78, 5) is 1.04. The van der Waals surface area contributed by atoms with E-state index in [4.69, 9.17) is 0 Å². The molecule has 0 nitrogen and oxygen atoms in total. The van der Waals surface area contributed by atoms with Gasteiger partial charge in [0, 0.05) is 4.90 Å². The van der Waals surface area contributed by atoms with E-state index in [1.165, 1.54) is 12.0 Å². The van der Waals surface area contributed by atoms with E-state index in [2.05, 4.69) is 38.6 Å². The third-order valence-corrected chi connectivity index (χ3v) is 2.37. The highest BCUT2D eigenvalue weighted by atomic mass is 32.1. The molecule has 0 spiro atoms. The van der Waals surface area contributed by atoms with Crippen LogP contribution in [0.25, 0.3) is 0 Å². The Morgan fingerprint density at radius 2 is 1.82 bits per heavy atom. The van der Waals surface area contributed by atoms with Crippen LogP contribution in [0.2, 0.25) is 0 Å². The van der Waals surface area contributed by atoms with Crippen LogP contribution < -0.4 is 0 Å². The van der Waals surface area contributed by atoms with E-state index in [9.17, 15) is 0 Å². The fourth-order valence-corrected chi connectivity index (χ4v) is 1.19. The molecular formula is C10H14S. The average Bonchev–Trinajstić information content (AvgIpc) is 2.05. The molecule has 11 heavy (non-hydrogen) atoms. The third kappa shape index (κ3) is 2.26. The van der Waals surface area contributed by atoms with Crippen molar-refractivity contribution in [1.29, 1.82) is 0 Å². The lowest BCUT2D eigenvalue weighted by Gasteiger charge is -2.07. The first-order chi connectivity index (χ1) is 5.24. The molecule has 1 aromatic carbocycles. The molecule has 0 N–H and O–H groups in total. The smallest absolute Gasteiger partial charge is 0.00401 e. The predicted molar refractivity (Wildman–Crippen MR) is 52.4 cm³/mol. The fraction of sp³-hybridized carbons (Fsp3) is 0.400. The highest BCUT2D eigenvalue weighted by molar-refractivity contribution is 7.80. The van der Waals surface area contributed by atoms with Gasteiger partial charge in [0.05, 0.1) is 0 Å². The lowest BCUT2D eigenvalue weighted by molar-refractivity contribution is 0.733. The van der Waals surface area contributed by atoms with Gasteiger partial charge in [0.1, 0.15) is 0 Å². The Kier molecular flexibility index (Phi) is 3.01. The summed E-state index contributed by atoms with van der Waals surface area (Å²) in [5.41, 5.74) is 1.41. The van der Waals surface area contributed by atoms with Crippen LogP contribution in [-0.2, 0) is 0 Å². The summed E-state index contributed by atoms with van der Waals surface area (Å²) in [5.74, 6) is 0.670. The molecule has 1 heteroatoms. The SMILES string of the molecule is CC[C@@H](C)c1ccc(S)cc1.